The summed E-state index contributed by atoms with van der Waals surface area (Å²) in [5, 5.41) is 9.14. The van der Waals surface area contributed by atoms with Gasteiger partial charge in [-0.1, -0.05) is 0 Å². The minimum atomic E-state index is -0.549. The number of amides is 1. The van der Waals surface area contributed by atoms with Crippen molar-refractivity contribution in [1.29, 1.82) is 0 Å². The van der Waals surface area contributed by atoms with Crippen LogP contribution in [0.2, 0.25) is 0 Å². The summed E-state index contributed by atoms with van der Waals surface area (Å²) in [6.45, 7) is 0.461. The number of aliphatic hydroxyl groups excluding tert-OH is 1. The number of carbonyl (C=O) groups excluding carboxylic acids is 1. The van der Waals surface area contributed by atoms with E-state index in [0.717, 1.165) is 19.3 Å². The summed E-state index contributed by atoms with van der Waals surface area (Å²) < 4.78 is 0. The van der Waals surface area contributed by atoms with Crippen LogP contribution in [0.15, 0.2) is 12.3 Å². The molecule has 0 aliphatic heterocycles. The predicted molar refractivity (Wildman–Crippen MR) is 69.2 cm³/mol. The number of anilines is 2. The molecule has 0 unspecified atom stereocenters. The molecule has 5 N–H and O–H groups in total. The van der Waals surface area contributed by atoms with Crippen molar-refractivity contribution in [3.05, 3.63) is 17.8 Å². The number of aromatic nitrogens is 1. The monoisotopic (exact) mass is 250 g/mol. The zero-order chi connectivity index (χ0) is 13.1. The van der Waals surface area contributed by atoms with Gasteiger partial charge in [0.2, 0.25) is 0 Å². The lowest BCUT2D eigenvalue weighted by atomic mass is 9.91. The minimum Gasteiger partial charge on any atom is -0.397 e. The van der Waals surface area contributed by atoms with E-state index in [0.29, 0.717) is 29.7 Å². The van der Waals surface area contributed by atoms with E-state index in [9.17, 15) is 4.79 Å². The molecule has 1 aliphatic carbocycles. The molecule has 6 heteroatoms. The molecule has 6 nitrogen and oxygen atoms in total. The summed E-state index contributed by atoms with van der Waals surface area (Å²) in [5.41, 5.74) is 11.7. The number of primary amides is 1. The van der Waals surface area contributed by atoms with Crippen molar-refractivity contribution in [2.75, 3.05) is 23.8 Å². The van der Waals surface area contributed by atoms with Crippen LogP contribution >= 0.6 is 0 Å². The fraction of sp³-hybridized carbons (Fsp3) is 0.500. The largest absolute Gasteiger partial charge is 0.397 e. The Bertz CT molecular complexity index is 446. The summed E-state index contributed by atoms with van der Waals surface area (Å²) in [5.74, 6) is -0.0255. The van der Waals surface area contributed by atoms with Crippen LogP contribution in [-0.2, 0) is 0 Å². The van der Waals surface area contributed by atoms with Gasteiger partial charge >= 0.3 is 0 Å². The maximum absolute atomic E-state index is 11.4. The molecule has 1 saturated carbocycles. The average molecular weight is 250 g/mol. The fourth-order valence-corrected chi connectivity index (χ4v) is 2.15. The third-order valence-electron chi connectivity index (χ3n) is 3.28. The molecule has 0 atom stereocenters. The normalized spacial score (nSPS) is 15.2. The second-order valence-corrected chi connectivity index (χ2v) is 4.51. The van der Waals surface area contributed by atoms with Crippen LogP contribution in [0.25, 0.3) is 0 Å². The van der Waals surface area contributed by atoms with Gasteiger partial charge in [0.1, 0.15) is 5.82 Å². The third-order valence-corrected chi connectivity index (χ3v) is 3.28. The third kappa shape index (κ3) is 2.38. The highest BCUT2D eigenvalue weighted by atomic mass is 16.3. The van der Waals surface area contributed by atoms with Crippen LogP contribution in [0.1, 0.15) is 29.6 Å². The number of rotatable bonds is 5. The lowest BCUT2D eigenvalue weighted by Gasteiger charge is -2.38. The Hall–Kier alpha value is -1.82. The van der Waals surface area contributed by atoms with Crippen molar-refractivity contribution in [2.45, 2.75) is 25.3 Å². The Morgan fingerprint density at radius 1 is 1.56 bits per heavy atom. The van der Waals surface area contributed by atoms with Gasteiger partial charge in [0.15, 0.2) is 0 Å². The minimum absolute atomic E-state index is 0.0146. The van der Waals surface area contributed by atoms with Crippen molar-refractivity contribution in [1.82, 2.24) is 4.98 Å². The summed E-state index contributed by atoms with van der Waals surface area (Å²) >= 11 is 0. The second-order valence-electron chi connectivity index (χ2n) is 4.51. The lowest BCUT2D eigenvalue weighted by Crippen LogP contribution is -2.43. The number of nitrogens with two attached hydrogens (primary N) is 2. The number of pyridine rings is 1. The molecular formula is C12H18N4O2. The van der Waals surface area contributed by atoms with Gasteiger partial charge in [-0.25, -0.2) is 4.98 Å². The highest BCUT2D eigenvalue weighted by Crippen LogP contribution is 2.30. The smallest absolute Gasteiger partial charge is 0.252 e. The molecule has 1 aliphatic rings. The van der Waals surface area contributed by atoms with Crippen LogP contribution in [0.4, 0.5) is 11.5 Å². The second kappa shape index (κ2) is 5.22. The summed E-state index contributed by atoms with van der Waals surface area (Å²) in [6, 6.07) is 1.86. The number of hydrogen-bond acceptors (Lipinski definition) is 5. The molecule has 1 aromatic rings. The molecule has 0 aromatic carbocycles. The Morgan fingerprint density at radius 2 is 2.28 bits per heavy atom. The van der Waals surface area contributed by atoms with Crippen LogP contribution < -0.4 is 16.4 Å². The molecule has 0 radical (unpaired) electrons. The van der Waals surface area contributed by atoms with Gasteiger partial charge in [-0.2, -0.15) is 0 Å². The van der Waals surface area contributed by atoms with Crippen LogP contribution in [0, 0.1) is 0 Å². The average Bonchev–Trinajstić information content (AvgIpc) is 2.26. The molecule has 2 rings (SSSR count). The molecule has 1 aromatic heterocycles. The quantitative estimate of drug-likeness (QED) is 0.688. The van der Waals surface area contributed by atoms with E-state index in [1.165, 1.54) is 12.3 Å². The Labute approximate surface area is 106 Å². The van der Waals surface area contributed by atoms with Gasteiger partial charge in [0.25, 0.3) is 5.91 Å². The SMILES string of the molecule is NC(=O)c1cc(N)cnc1N(CCO)C1CCC1. The molecule has 98 valence electrons. The first-order chi connectivity index (χ1) is 8.63. The number of aliphatic hydroxyl groups is 1. The maximum atomic E-state index is 11.4. The first-order valence-electron chi connectivity index (χ1n) is 6.06. The predicted octanol–water partition coefficient (Wildman–Crippen LogP) is 0.114. The molecule has 18 heavy (non-hydrogen) atoms. The molecular weight excluding hydrogens is 232 g/mol. The van der Waals surface area contributed by atoms with Gasteiger partial charge < -0.3 is 21.5 Å². The zero-order valence-electron chi connectivity index (χ0n) is 10.2. The highest BCUT2D eigenvalue weighted by Gasteiger charge is 2.28. The van der Waals surface area contributed by atoms with E-state index in [-0.39, 0.29) is 6.61 Å². The lowest BCUT2D eigenvalue weighted by molar-refractivity contribution is 0.1000. The van der Waals surface area contributed by atoms with Crippen LogP contribution in [0.3, 0.4) is 0 Å². The van der Waals surface area contributed by atoms with Crippen molar-refractivity contribution >= 4 is 17.4 Å². The van der Waals surface area contributed by atoms with Crippen LogP contribution in [0.5, 0.6) is 0 Å². The van der Waals surface area contributed by atoms with Crippen molar-refractivity contribution in [2.24, 2.45) is 5.73 Å². The first kappa shape index (κ1) is 12.6. The van der Waals surface area contributed by atoms with E-state index >= 15 is 0 Å². The van der Waals surface area contributed by atoms with Crippen molar-refractivity contribution in [3.63, 3.8) is 0 Å². The topological polar surface area (TPSA) is 105 Å². The summed E-state index contributed by atoms with van der Waals surface area (Å²) in [6.07, 6.45) is 4.76. The molecule has 1 amide bonds. The fourth-order valence-electron chi connectivity index (χ4n) is 2.15. The standard InChI is InChI=1S/C12H18N4O2/c13-8-6-10(11(14)18)12(15-7-8)16(4-5-17)9-2-1-3-9/h6-7,9,17H,1-5,13H2,(H2,14,18). The van der Waals surface area contributed by atoms with E-state index < -0.39 is 5.91 Å². The molecule has 0 bridgehead atoms. The van der Waals surface area contributed by atoms with E-state index in [1.807, 2.05) is 4.90 Å². The summed E-state index contributed by atoms with van der Waals surface area (Å²) in [7, 11) is 0. The molecule has 1 heterocycles. The number of nitrogen functional groups attached to an aromatic ring is 1. The van der Waals surface area contributed by atoms with E-state index in [2.05, 4.69) is 4.98 Å². The van der Waals surface area contributed by atoms with E-state index in [1.54, 1.807) is 0 Å². The van der Waals surface area contributed by atoms with Gasteiger partial charge in [0.05, 0.1) is 24.1 Å². The highest BCUT2D eigenvalue weighted by molar-refractivity contribution is 5.98. The van der Waals surface area contributed by atoms with Gasteiger partial charge in [-0.05, 0) is 25.3 Å². The maximum Gasteiger partial charge on any atom is 0.252 e. The number of hydrogen-bond donors (Lipinski definition) is 3. The zero-order valence-corrected chi connectivity index (χ0v) is 10.2. The molecule has 1 fully saturated rings. The molecule has 0 spiro atoms. The Balaban J connectivity index is 2.36. The van der Waals surface area contributed by atoms with Crippen molar-refractivity contribution in [3.8, 4) is 0 Å². The van der Waals surface area contributed by atoms with Gasteiger partial charge in [0, 0.05) is 12.6 Å². The summed E-state index contributed by atoms with van der Waals surface area (Å²) in [4.78, 5) is 17.6. The van der Waals surface area contributed by atoms with E-state index in [4.69, 9.17) is 16.6 Å². The molecule has 0 saturated heterocycles. The Kier molecular flexibility index (Phi) is 3.66. The first-order valence-corrected chi connectivity index (χ1v) is 6.06. The van der Waals surface area contributed by atoms with Crippen molar-refractivity contribution < 1.29 is 9.90 Å². The Morgan fingerprint density at radius 3 is 2.78 bits per heavy atom. The van der Waals surface area contributed by atoms with Crippen LogP contribution in [-0.4, -0.2) is 35.2 Å². The number of carbonyl (C=O) groups is 1. The van der Waals surface area contributed by atoms with Gasteiger partial charge in [-0.3, -0.25) is 4.79 Å². The number of nitrogens with zero attached hydrogens (tertiary/aromatic N) is 2. The van der Waals surface area contributed by atoms with Gasteiger partial charge in [-0.15, -0.1) is 0 Å².